The van der Waals surface area contributed by atoms with E-state index in [0.29, 0.717) is 5.78 Å². The summed E-state index contributed by atoms with van der Waals surface area (Å²) in [6.45, 7) is 6.27. The first-order valence-electron chi connectivity index (χ1n) is 6.81. The van der Waals surface area contributed by atoms with Crippen LogP contribution in [0.15, 0.2) is 36.4 Å². The van der Waals surface area contributed by atoms with Gasteiger partial charge in [-0.1, -0.05) is 48.9 Å². The zero-order valence-corrected chi connectivity index (χ0v) is 11.7. The fourth-order valence-corrected chi connectivity index (χ4v) is 2.98. The first-order chi connectivity index (χ1) is 9.08. The fourth-order valence-electron chi connectivity index (χ4n) is 2.98. The highest BCUT2D eigenvalue weighted by Crippen LogP contribution is 2.36. The van der Waals surface area contributed by atoms with Crippen molar-refractivity contribution in [3.8, 4) is 11.1 Å². The van der Waals surface area contributed by atoms with Crippen molar-refractivity contribution in [1.29, 1.82) is 0 Å². The Morgan fingerprint density at radius 2 is 1.74 bits per heavy atom. The summed E-state index contributed by atoms with van der Waals surface area (Å²) in [6.07, 6.45) is 0.873. The van der Waals surface area contributed by atoms with E-state index >= 15 is 0 Å². The predicted molar refractivity (Wildman–Crippen MR) is 78.6 cm³/mol. The summed E-state index contributed by atoms with van der Waals surface area (Å²) >= 11 is 0. The second-order valence-electron chi connectivity index (χ2n) is 5.62. The number of rotatable bonds is 1. The van der Waals surface area contributed by atoms with E-state index in [1.54, 1.807) is 0 Å². The molecule has 0 spiro atoms. The smallest absolute Gasteiger partial charge is 0.166 e. The van der Waals surface area contributed by atoms with Gasteiger partial charge in [-0.25, -0.2) is 0 Å². The van der Waals surface area contributed by atoms with Gasteiger partial charge in [0.15, 0.2) is 5.78 Å². The largest absolute Gasteiger partial charge is 0.294 e. The standard InChI is InChI=1S/C18H18O/c1-11-7-8-12(2)16(9-11)14-5-4-6-15-17(14)10-13(3)18(15)19/h4-9,13H,10H2,1-3H3. The molecule has 1 heteroatoms. The molecule has 1 aliphatic rings. The van der Waals surface area contributed by atoms with Crippen LogP contribution in [-0.4, -0.2) is 5.78 Å². The molecule has 19 heavy (non-hydrogen) atoms. The number of benzene rings is 2. The van der Waals surface area contributed by atoms with Crippen LogP contribution < -0.4 is 0 Å². The predicted octanol–water partition coefficient (Wildman–Crippen LogP) is 4.35. The van der Waals surface area contributed by atoms with E-state index in [1.165, 1.54) is 27.8 Å². The molecule has 1 atom stereocenters. The number of fused-ring (bicyclic) bond motifs is 1. The van der Waals surface area contributed by atoms with E-state index in [9.17, 15) is 4.79 Å². The normalized spacial score (nSPS) is 17.6. The van der Waals surface area contributed by atoms with E-state index in [-0.39, 0.29) is 5.92 Å². The summed E-state index contributed by atoms with van der Waals surface area (Å²) in [4.78, 5) is 12.1. The van der Waals surface area contributed by atoms with Gasteiger partial charge in [-0.15, -0.1) is 0 Å². The van der Waals surface area contributed by atoms with Gasteiger partial charge in [0.2, 0.25) is 0 Å². The molecular formula is C18H18O. The Hall–Kier alpha value is -1.89. The second-order valence-corrected chi connectivity index (χ2v) is 5.62. The van der Waals surface area contributed by atoms with Gasteiger partial charge in [-0.2, -0.15) is 0 Å². The third-order valence-electron chi connectivity index (χ3n) is 4.08. The molecule has 0 radical (unpaired) electrons. The van der Waals surface area contributed by atoms with Crippen LogP contribution in [0.25, 0.3) is 11.1 Å². The molecule has 1 unspecified atom stereocenters. The molecule has 0 bridgehead atoms. The second kappa shape index (κ2) is 4.34. The summed E-state index contributed by atoms with van der Waals surface area (Å²) < 4.78 is 0. The molecule has 2 aromatic rings. The quantitative estimate of drug-likeness (QED) is 0.735. The maximum absolute atomic E-state index is 12.1. The number of hydrogen-bond donors (Lipinski definition) is 0. The number of ketones is 1. The van der Waals surface area contributed by atoms with Crippen molar-refractivity contribution < 1.29 is 4.79 Å². The van der Waals surface area contributed by atoms with Crippen molar-refractivity contribution in [3.63, 3.8) is 0 Å². The third kappa shape index (κ3) is 1.90. The lowest BCUT2D eigenvalue weighted by molar-refractivity contribution is 0.0946. The minimum atomic E-state index is 0.126. The van der Waals surface area contributed by atoms with Crippen LogP contribution in [0, 0.1) is 19.8 Å². The lowest BCUT2D eigenvalue weighted by Gasteiger charge is -2.11. The van der Waals surface area contributed by atoms with Crippen LogP contribution in [-0.2, 0) is 6.42 Å². The van der Waals surface area contributed by atoms with Crippen LogP contribution >= 0.6 is 0 Å². The molecule has 2 aromatic carbocycles. The summed E-state index contributed by atoms with van der Waals surface area (Å²) in [5.41, 5.74) is 7.18. The van der Waals surface area contributed by atoms with Gasteiger partial charge in [0, 0.05) is 11.5 Å². The van der Waals surface area contributed by atoms with Crippen LogP contribution in [0.4, 0.5) is 0 Å². The highest BCUT2D eigenvalue weighted by molar-refractivity contribution is 6.04. The monoisotopic (exact) mass is 250 g/mol. The maximum Gasteiger partial charge on any atom is 0.166 e. The van der Waals surface area contributed by atoms with Crippen molar-refractivity contribution in [2.75, 3.05) is 0 Å². The van der Waals surface area contributed by atoms with Crippen LogP contribution in [0.5, 0.6) is 0 Å². The zero-order valence-electron chi connectivity index (χ0n) is 11.7. The van der Waals surface area contributed by atoms with Gasteiger partial charge in [0.05, 0.1) is 0 Å². The van der Waals surface area contributed by atoms with Gasteiger partial charge in [0.25, 0.3) is 0 Å². The van der Waals surface area contributed by atoms with Crippen molar-refractivity contribution in [2.24, 2.45) is 5.92 Å². The van der Waals surface area contributed by atoms with Gasteiger partial charge in [-0.05, 0) is 42.5 Å². The van der Waals surface area contributed by atoms with Crippen molar-refractivity contribution in [1.82, 2.24) is 0 Å². The van der Waals surface area contributed by atoms with Gasteiger partial charge in [-0.3, -0.25) is 4.79 Å². The Balaban J connectivity index is 2.23. The first kappa shape index (κ1) is 12.2. The highest BCUT2D eigenvalue weighted by atomic mass is 16.1. The summed E-state index contributed by atoms with van der Waals surface area (Å²) in [5.74, 6) is 0.420. The molecule has 1 nitrogen and oxygen atoms in total. The minimum Gasteiger partial charge on any atom is -0.294 e. The lowest BCUT2D eigenvalue weighted by Crippen LogP contribution is -2.02. The van der Waals surface area contributed by atoms with E-state index in [2.05, 4.69) is 38.1 Å². The molecule has 0 saturated heterocycles. The van der Waals surface area contributed by atoms with Gasteiger partial charge >= 0.3 is 0 Å². The van der Waals surface area contributed by atoms with Crippen molar-refractivity contribution in [2.45, 2.75) is 27.2 Å². The summed E-state index contributed by atoms with van der Waals surface area (Å²) in [6, 6.07) is 12.6. The van der Waals surface area contributed by atoms with Crippen molar-refractivity contribution in [3.05, 3.63) is 58.7 Å². The Bertz CT molecular complexity index is 667. The molecule has 3 rings (SSSR count). The summed E-state index contributed by atoms with van der Waals surface area (Å²) in [5, 5.41) is 0. The Labute approximate surface area is 114 Å². The molecule has 0 heterocycles. The van der Waals surface area contributed by atoms with Crippen LogP contribution in [0.3, 0.4) is 0 Å². The SMILES string of the molecule is Cc1ccc(C)c(-c2cccc3c2CC(C)C3=O)c1. The molecule has 0 aliphatic heterocycles. The number of carbonyl (C=O) groups excluding carboxylic acids is 1. The van der Waals surface area contributed by atoms with E-state index < -0.39 is 0 Å². The minimum absolute atomic E-state index is 0.126. The summed E-state index contributed by atoms with van der Waals surface area (Å²) in [7, 11) is 0. The fraction of sp³-hybridized carbons (Fsp3) is 0.278. The molecule has 0 aromatic heterocycles. The first-order valence-corrected chi connectivity index (χ1v) is 6.81. The highest BCUT2D eigenvalue weighted by Gasteiger charge is 2.29. The molecule has 0 fully saturated rings. The van der Waals surface area contributed by atoms with Gasteiger partial charge < -0.3 is 0 Å². The molecule has 0 saturated carbocycles. The Morgan fingerprint density at radius 1 is 1.00 bits per heavy atom. The molecule has 96 valence electrons. The number of carbonyl (C=O) groups is 1. The molecular weight excluding hydrogens is 232 g/mol. The number of aryl methyl sites for hydroxylation is 2. The van der Waals surface area contributed by atoms with E-state index in [4.69, 9.17) is 0 Å². The molecule has 1 aliphatic carbocycles. The average molecular weight is 250 g/mol. The lowest BCUT2D eigenvalue weighted by atomic mass is 9.92. The van der Waals surface area contributed by atoms with Crippen molar-refractivity contribution >= 4 is 5.78 Å². The molecule has 0 N–H and O–H groups in total. The number of Topliss-reactive ketones (excluding diaryl/α,β-unsaturated/α-hetero) is 1. The Kier molecular flexibility index (Phi) is 2.78. The average Bonchev–Trinajstić information content (AvgIpc) is 2.69. The molecule has 0 amide bonds. The maximum atomic E-state index is 12.1. The van der Waals surface area contributed by atoms with Crippen LogP contribution in [0.1, 0.15) is 34.0 Å². The van der Waals surface area contributed by atoms with E-state index in [0.717, 1.165) is 12.0 Å². The van der Waals surface area contributed by atoms with Crippen LogP contribution in [0.2, 0.25) is 0 Å². The van der Waals surface area contributed by atoms with E-state index in [1.807, 2.05) is 19.1 Å². The third-order valence-corrected chi connectivity index (χ3v) is 4.08. The van der Waals surface area contributed by atoms with Gasteiger partial charge in [0.1, 0.15) is 0 Å². The zero-order chi connectivity index (χ0) is 13.6. The number of hydrogen-bond acceptors (Lipinski definition) is 1. The Morgan fingerprint density at radius 3 is 2.53 bits per heavy atom. The topological polar surface area (TPSA) is 17.1 Å².